The molecule has 20 heavy (non-hydrogen) atoms. The van der Waals surface area contributed by atoms with E-state index < -0.39 is 0 Å². The predicted octanol–water partition coefficient (Wildman–Crippen LogP) is 1.36. The molecule has 108 valence electrons. The fourth-order valence-electron chi connectivity index (χ4n) is 3.13. The molecule has 1 aromatic rings. The van der Waals surface area contributed by atoms with E-state index in [1.54, 1.807) is 6.07 Å². The molecule has 2 fully saturated rings. The molecule has 2 aliphatic rings. The molecular formula is C16H23N3O. The summed E-state index contributed by atoms with van der Waals surface area (Å²) in [5.74, 6) is 0.402. The first-order valence-electron chi connectivity index (χ1n) is 7.56. The van der Waals surface area contributed by atoms with Crippen LogP contribution in [0.15, 0.2) is 24.3 Å². The van der Waals surface area contributed by atoms with Crippen molar-refractivity contribution >= 4 is 5.91 Å². The van der Waals surface area contributed by atoms with Gasteiger partial charge in [0.05, 0.1) is 0 Å². The third-order valence-corrected chi connectivity index (χ3v) is 4.41. The Morgan fingerprint density at radius 1 is 1.30 bits per heavy atom. The van der Waals surface area contributed by atoms with Crippen LogP contribution in [0.5, 0.6) is 0 Å². The molecule has 0 radical (unpaired) electrons. The second-order valence-electron chi connectivity index (χ2n) is 6.03. The number of carbonyl (C=O) groups excluding carboxylic acids is 1. The molecule has 1 saturated heterocycles. The lowest BCUT2D eigenvalue weighted by molar-refractivity contribution is 0.0999. The zero-order valence-electron chi connectivity index (χ0n) is 11.8. The molecule has 1 amide bonds. The number of primary amides is 1. The van der Waals surface area contributed by atoms with Gasteiger partial charge in [0.25, 0.3) is 0 Å². The van der Waals surface area contributed by atoms with Crippen molar-refractivity contribution in [3.63, 3.8) is 0 Å². The van der Waals surface area contributed by atoms with Crippen LogP contribution in [0.25, 0.3) is 0 Å². The van der Waals surface area contributed by atoms with Crippen LogP contribution in [0, 0.1) is 5.92 Å². The summed E-state index contributed by atoms with van der Waals surface area (Å²) in [5.41, 5.74) is 7.02. The van der Waals surface area contributed by atoms with E-state index in [1.807, 2.05) is 18.2 Å². The van der Waals surface area contributed by atoms with Crippen molar-refractivity contribution < 1.29 is 4.79 Å². The number of carbonyl (C=O) groups is 1. The molecular weight excluding hydrogens is 250 g/mol. The van der Waals surface area contributed by atoms with Crippen LogP contribution in [0.2, 0.25) is 0 Å². The van der Waals surface area contributed by atoms with Gasteiger partial charge in [-0.3, -0.25) is 4.79 Å². The molecule has 4 heteroatoms. The second kappa shape index (κ2) is 5.94. The molecule has 1 heterocycles. The summed E-state index contributed by atoms with van der Waals surface area (Å²) >= 11 is 0. The van der Waals surface area contributed by atoms with Crippen LogP contribution in [-0.4, -0.2) is 36.5 Å². The highest BCUT2D eigenvalue weighted by molar-refractivity contribution is 5.94. The maximum absolute atomic E-state index is 11.4. The minimum atomic E-state index is -0.344. The lowest BCUT2D eigenvalue weighted by atomic mass is 10.1. The molecule has 4 nitrogen and oxygen atoms in total. The fourth-order valence-corrected chi connectivity index (χ4v) is 3.13. The Kier molecular flexibility index (Phi) is 4.03. The molecule has 1 unspecified atom stereocenters. The van der Waals surface area contributed by atoms with Gasteiger partial charge in [0.2, 0.25) is 5.91 Å². The smallest absolute Gasteiger partial charge is 0.249 e. The number of benzene rings is 1. The molecule has 0 aromatic heterocycles. The number of nitrogens with one attached hydrogen (secondary N) is 1. The van der Waals surface area contributed by atoms with E-state index in [-0.39, 0.29) is 5.91 Å². The quantitative estimate of drug-likeness (QED) is 0.823. The van der Waals surface area contributed by atoms with Gasteiger partial charge in [-0.25, -0.2) is 0 Å². The molecule has 0 bridgehead atoms. The number of nitrogens with zero attached hydrogens (tertiary/aromatic N) is 1. The molecule has 3 N–H and O–H groups in total. The van der Waals surface area contributed by atoms with Gasteiger partial charge in [0.1, 0.15) is 0 Å². The minimum absolute atomic E-state index is 0.344. The van der Waals surface area contributed by atoms with Crippen LogP contribution in [0.4, 0.5) is 0 Å². The molecule has 1 saturated carbocycles. The molecule has 0 spiro atoms. The Hall–Kier alpha value is -1.39. The maximum atomic E-state index is 11.4. The number of hydrogen-bond donors (Lipinski definition) is 2. The number of nitrogens with two attached hydrogens (primary N) is 1. The lowest BCUT2D eigenvalue weighted by Gasteiger charge is -2.15. The van der Waals surface area contributed by atoms with Crippen LogP contribution < -0.4 is 11.1 Å². The second-order valence-corrected chi connectivity index (χ2v) is 6.03. The van der Waals surface area contributed by atoms with Crippen LogP contribution >= 0.6 is 0 Å². The third kappa shape index (κ3) is 3.19. The standard InChI is InChI=1S/C16H23N3O/c17-16(20)15-4-2-1-3-13(15)10-18-9-12-7-8-19(11-12)14-5-6-14/h1-4,12,14,18H,5-11H2,(H2,17,20). The van der Waals surface area contributed by atoms with Gasteiger partial charge in [-0.1, -0.05) is 18.2 Å². The average Bonchev–Trinajstić information content (AvgIpc) is 3.19. The number of hydrogen-bond acceptors (Lipinski definition) is 3. The Bertz CT molecular complexity index is 484. The van der Waals surface area contributed by atoms with Crippen molar-refractivity contribution in [1.82, 2.24) is 10.2 Å². The summed E-state index contributed by atoms with van der Waals surface area (Å²) in [6, 6.07) is 8.46. The summed E-state index contributed by atoms with van der Waals surface area (Å²) < 4.78 is 0. The zero-order chi connectivity index (χ0) is 13.9. The first kappa shape index (κ1) is 13.6. The number of rotatable bonds is 6. The molecule has 1 aromatic carbocycles. The van der Waals surface area contributed by atoms with Crippen molar-refractivity contribution in [3.05, 3.63) is 35.4 Å². The summed E-state index contributed by atoms with van der Waals surface area (Å²) in [4.78, 5) is 14.0. The highest BCUT2D eigenvalue weighted by Crippen LogP contribution is 2.31. The van der Waals surface area contributed by atoms with Crippen LogP contribution in [0.3, 0.4) is 0 Å². The van der Waals surface area contributed by atoms with Gasteiger partial charge in [0.15, 0.2) is 0 Å². The van der Waals surface area contributed by atoms with Gasteiger partial charge in [-0.05, 0) is 49.9 Å². The van der Waals surface area contributed by atoms with Gasteiger partial charge in [-0.15, -0.1) is 0 Å². The normalized spacial score (nSPS) is 23.1. The van der Waals surface area contributed by atoms with E-state index in [4.69, 9.17) is 5.73 Å². The topological polar surface area (TPSA) is 58.4 Å². The number of likely N-dealkylation sites (tertiary alicyclic amines) is 1. The van der Waals surface area contributed by atoms with Gasteiger partial charge >= 0.3 is 0 Å². The highest BCUT2D eigenvalue weighted by Gasteiger charge is 2.33. The summed E-state index contributed by atoms with van der Waals surface area (Å²) in [6.07, 6.45) is 4.08. The summed E-state index contributed by atoms with van der Waals surface area (Å²) in [6.45, 7) is 4.24. The average molecular weight is 273 g/mol. The largest absolute Gasteiger partial charge is 0.366 e. The van der Waals surface area contributed by atoms with Gasteiger partial charge in [0, 0.05) is 24.7 Å². The molecule has 3 rings (SSSR count). The summed E-state index contributed by atoms with van der Waals surface area (Å²) in [7, 11) is 0. The lowest BCUT2D eigenvalue weighted by Crippen LogP contribution is -2.28. The molecule has 1 aliphatic heterocycles. The van der Waals surface area contributed by atoms with Crippen molar-refractivity contribution in [2.75, 3.05) is 19.6 Å². The molecule has 1 atom stereocenters. The van der Waals surface area contributed by atoms with Crippen LogP contribution in [-0.2, 0) is 6.54 Å². The zero-order valence-corrected chi connectivity index (χ0v) is 11.8. The molecule has 1 aliphatic carbocycles. The minimum Gasteiger partial charge on any atom is -0.366 e. The van der Waals surface area contributed by atoms with Crippen molar-refractivity contribution in [2.24, 2.45) is 11.7 Å². The SMILES string of the molecule is NC(=O)c1ccccc1CNCC1CCN(C2CC2)C1. The van der Waals surface area contributed by atoms with E-state index >= 15 is 0 Å². The predicted molar refractivity (Wildman–Crippen MR) is 79.4 cm³/mol. The van der Waals surface area contributed by atoms with E-state index in [9.17, 15) is 4.79 Å². The first-order chi connectivity index (χ1) is 9.74. The highest BCUT2D eigenvalue weighted by atomic mass is 16.1. The van der Waals surface area contributed by atoms with Crippen molar-refractivity contribution in [1.29, 1.82) is 0 Å². The van der Waals surface area contributed by atoms with E-state index in [1.165, 1.54) is 32.4 Å². The van der Waals surface area contributed by atoms with Crippen LogP contribution in [0.1, 0.15) is 35.2 Å². The van der Waals surface area contributed by atoms with Gasteiger partial charge < -0.3 is 16.0 Å². The third-order valence-electron chi connectivity index (χ3n) is 4.41. The van der Waals surface area contributed by atoms with Crippen molar-refractivity contribution in [2.45, 2.75) is 31.8 Å². The maximum Gasteiger partial charge on any atom is 0.249 e. The number of amides is 1. The fraction of sp³-hybridized carbons (Fsp3) is 0.562. The van der Waals surface area contributed by atoms with E-state index in [2.05, 4.69) is 10.2 Å². The van der Waals surface area contributed by atoms with Gasteiger partial charge in [-0.2, -0.15) is 0 Å². The first-order valence-corrected chi connectivity index (χ1v) is 7.56. The Balaban J connectivity index is 1.47. The van der Waals surface area contributed by atoms with Crippen molar-refractivity contribution in [3.8, 4) is 0 Å². The van der Waals surface area contributed by atoms with E-state index in [0.717, 1.165) is 30.6 Å². The summed E-state index contributed by atoms with van der Waals surface area (Å²) in [5, 5.41) is 3.48. The Morgan fingerprint density at radius 2 is 2.10 bits per heavy atom. The Labute approximate surface area is 120 Å². The monoisotopic (exact) mass is 273 g/mol. The van der Waals surface area contributed by atoms with E-state index in [0.29, 0.717) is 5.56 Å². The Morgan fingerprint density at radius 3 is 2.85 bits per heavy atom.